The Kier molecular flexibility index (Phi) is 2.29. The zero-order valence-electron chi connectivity index (χ0n) is 8.40. The first-order valence-corrected chi connectivity index (χ1v) is 4.42. The normalized spacial score (nSPS) is 10.3. The minimum Gasteiger partial charge on any atom is -0.496 e. The van der Waals surface area contributed by atoms with Crippen molar-refractivity contribution in [2.75, 3.05) is 19.5 Å². The van der Waals surface area contributed by atoms with Crippen LogP contribution in [0.5, 0.6) is 5.75 Å². The SMILES string of the molecule is CNc1nc2cccc(OC)c2c(=O)o1. The monoisotopic (exact) mass is 206 g/mol. The lowest BCUT2D eigenvalue weighted by Crippen LogP contribution is -2.06. The van der Waals surface area contributed by atoms with Crippen molar-refractivity contribution in [2.45, 2.75) is 0 Å². The van der Waals surface area contributed by atoms with E-state index in [4.69, 9.17) is 9.15 Å². The average Bonchev–Trinajstić information content (AvgIpc) is 2.27. The van der Waals surface area contributed by atoms with Crippen molar-refractivity contribution in [3.63, 3.8) is 0 Å². The minimum atomic E-state index is -0.457. The molecular formula is C10H10N2O3. The van der Waals surface area contributed by atoms with Gasteiger partial charge in [-0.05, 0) is 12.1 Å². The van der Waals surface area contributed by atoms with Crippen LogP contribution in [0.4, 0.5) is 6.01 Å². The van der Waals surface area contributed by atoms with Crippen LogP contribution in [0.2, 0.25) is 0 Å². The van der Waals surface area contributed by atoms with Gasteiger partial charge >= 0.3 is 5.63 Å². The fraction of sp³-hybridized carbons (Fsp3) is 0.200. The number of nitrogens with one attached hydrogen (secondary N) is 1. The molecule has 0 saturated carbocycles. The number of methoxy groups -OCH3 is 1. The van der Waals surface area contributed by atoms with Crippen molar-refractivity contribution in [1.29, 1.82) is 0 Å². The highest BCUT2D eigenvalue weighted by Crippen LogP contribution is 2.21. The molecule has 1 N–H and O–H groups in total. The second-order valence-corrected chi connectivity index (χ2v) is 2.91. The summed E-state index contributed by atoms with van der Waals surface area (Å²) in [5.74, 6) is 0.469. The van der Waals surface area contributed by atoms with Crippen LogP contribution >= 0.6 is 0 Å². The second-order valence-electron chi connectivity index (χ2n) is 2.91. The van der Waals surface area contributed by atoms with E-state index < -0.39 is 5.63 Å². The molecule has 0 unspecified atom stereocenters. The summed E-state index contributed by atoms with van der Waals surface area (Å²) in [6.07, 6.45) is 0. The summed E-state index contributed by atoms with van der Waals surface area (Å²) in [5.41, 5.74) is 0.0942. The van der Waals surface area contributed by atoms with Gasteiger partial charge < -0.3 is 14.5 Å². The summed E-state index contributed by atoms with van der Waals surface area (Å²) in [5, 5.41) is 3.04. The number of ether oxygens (including phenoxy) is 1. The predicted molar refractivity (Wildman–Crippen MR) is 56.4 cm³/mol. The molecular weight excluding hydrogens is 196 g/mol. The van der Waals surface area contributed by atoms with Crippen molar-refractivity contribution >= 4 is 16.9 Å². The third-order valence-corrected chi connectivity index (χ3v) is 2.05. The van der Waals surface area contributed by atoms with Crippen LogP contribution in [0.3, 0.4) is 0 Å². The molecule has 0 fully saturated rings. The van der Waals surface area contributed by atoms with Crippen LogP contribution < -0.4 is 15.7 Å². The Morgan fingerprint density at radius 1 is 1.47 bits per heavy atom. The minimum absolute atomic E-state index is 0.195. The van der Waals surface area contributed by atoms with Crippen molar-refractivity contribution in [1.82, 2.24) is 4.98 Å². The smallest absolute Gasteiger partial charge is 0.351 e. The van der Waals surface area contributed by atoms with Gasteiger partial charge in [0, 0.05) is 7.05 Å². The first-order valence-electron chi connectivity index (χ1n) is 4.42. The molecule has 1 aromatic carbocycles. The van der Waals surface area contributed by atoms with Crippen LogP contribution in [0.25, 0.3) is 10.9 Å². The van der Waals surface area contributed by atoms with Crippen LogP contribution in [0.1, 0.15) is 0 Å². The van der Waals surface area contributed by atoms with Crippen LogP contribution in [-0.4, -0.2) is 19.1 Å². The van der Waals surface area contributed by atoms with E-state index in [9.17, 15) is 4.79 Å². The molecule has 0 amide bonds. The molecule has 2 rings (SSSR count). The maximum atomic E-state index is 11.6. The Morgan fingerprint density at radius 3 is 2.93 bits per heavy atom. The number of hydrogen-bond donors (Lipinski definition) is 1. The number of hydrogen-bond acceptors (Lipinski definition) is 5. The van der Waals surface area contributed by atoms with Crippen molar-refractivity contribution in [3.8, 4) is 5.75 Å². The lowest BCUT2D eigenvalue weighted by molar-refractivity contribution is 0.417. The average molecular weight is 206 g/mol. The fourth-order valence-electron chi connectivity index (χ4n) is 1.37. The lowest BCUT2D eigenvalue weighted by atomic mass is 10.2. The number of aromatic nitrogens is 1. The Hall–Kier alpha value is -2.04. The molecule has 2 aromatic rings. The number of anilines is 1. The Morgan fingerprint density at radius 2 is 2.27 bits per heavy atom. The van der Waals surface area contributed by atoms with E-state index in [0.29, 0.717) is 16.7 Å². The van der Waals surface area contributed by atoms with E-state index >= 15 is 0 Å². The molecule has 0 aliphatic rings. The molecule has 0 atom stereocenters. The van der Waals surface area contributed by atoms with Crippen molar-refractivity contribution in [2.24, 2.45) is 0 Å². The van der Waals surface area contributed by atoms with Crippen molar-refractivity contribution in [3.05, 3.63) is 28.6 Å². The Balaban J connectivity index is 2.85. The molecule has 1 heterocycles. The second kappa shape index (κ2) is 3.61. The maximum absolute atomic E-state index is 11.6. The van der Waals surface area contributed by atoms with Gasteiger partial charge in [0.25, 0.3) is 6.01 Å². The lowest BCUT2D eigenvalue weighted by Gasteiger charge is -2.03. The van der Waals surface area contributed by atoms with E-state index in [1.54, 1.807) is 25.2 Å². The highest BCUT2D eigenvalue weighted by molar-refractivity contribution is 5.84. The molecule has 1 aromatic heterocycles. The largest absolute Gasteiger partial charge is 0.496 e. The molecule has 15 heavy (non-hydrogen) atoms. The Labute approximate surface area is 85.7 Å². The Bertz CT molecular complexity index is 548. The van der Waals surface area contributed by atoms with Gasteiger partial charge in [-0.15, -0.1) is 0 Å². The summed E-state index contributed by atoms with van der Waals surface area (Å²) in [7, 11) is 3.14. The van der Waals surface area contributed by atoms with Gasteiger partial charge in [-0.25, -0.2) is 4.79 Å². The molecule has 78 valence electrons. The molecule has 0 aliphatic heterocycles. The number of rotatable bonds is 2. The zero-order chi connectivity index (χ0) is 10.8. The summed E-state index contributed by atoms with van der Waals surface area (Å²) >= 11 is 0. The van der Waals surface area contributed by atoms with E-state index in [1.165, 1.54) is 7.11 Å². The molecule has 0 radical (unpaired) electrons. The molecule has 5 heteroatoms. The van der Waals surface area contributed by atoms with Gasteiger partial charge in [0.1, 0.15) is 11.1 Å². The predicted octanol–water partition coefficient (Wildman–Crippen LogP) is 1.24. The highest BCUT2D eigenvalue weighted by Gasteiger charge is 2.09. The molecule has 5 nitrogen and oxygen atoms in total. The quantitative estimate of drug-likeness (QED) is 0.800. The molecule has 0 bridgehead atoms. The molecule has 0 saturated heterocycles. The molecule has 0 spiro atoms. The van der Waals surface area contributed by atoms with Gasteiger partial charge in [0.15, 0.2) is 0 Å². The van der Waals surface area contributed by atoms with Gasteiger partial charge in [0.05, 0.1) is 12.6 Å². The summed E-state index contributed by atoms with van der Waals surface area (Å²) < 4.78 is 9.99. The van der Waals surface area contributed by atoms with E-state index in [0.717, 1.165) is 0 Å². The number of nitrogens with zero attached hydrogens (tertiary/aromatic N) is 1. The first-order chi connectivity index (χ1) is 7.26. The van der Waals surface area contributed by atoms with Gasteiger partial charge in [-0.3, -0.25) is 0 Å². The number of benzene rings is 1. The summed E-state index contributed by atoms with van der Waals surface area (Å²) in [6.45, 7) is 0. The van der Waals surface area contributed by atoms with E-state index in [1.807, 2.05) is 0 Å². The summed E-state index contributed by atoms with van der Waals surface area (Å²) in [4.78, 5) is 15.7. The maximum Gasteiger partial charge on any atom is 0.351 e. The van der Waals surface area contributed by atoms with Gasteiger partial charge in [-0.2, -0.15) is 4.98 Å². The third kappa shape index (κ3) is 1.52. The van der Waals surface area contributed by atoms with Crippen LogP contribution in [0, 0.1) is 0 Å². The topological polar surface area (TPSA) is 64.4 Å². The standard InChI is InChI=1S/C10H10N2O3/c1-11-10-12-6-4-3-5-7(14-2)8(6)9(13)15-10/h3-5H,1-2H3,(H,11,12). The number of fused-ring (bicyclic) bond motifs is 1. The van der Waals surface area contributed by atoms with E-state index in [2.05, 4.69) is 10.3 Å². The summed E-state index contributed by atoms with van der Waals surface area (Å²) in [6, 6.07) is 5.39. The third-order valence-electron chi connectivity index (χ3n) is 2.05. The highest BCUT2D eigenvalue weighted by atomic mass is 16.5. The fourth-order valence-corrected chi connectivity index (χ4v) is 1.37. The van der Waals surface area contributed by atoms with Crippen LogP contribution in [-0.2, 0) is 0 Å². The zero-order valence-corrected chi connectivity index (χ0v) is 8.40. The van der Waals surface area contributed by atoms with Gasteiger partial charge in [0.2, 0.25) is 0 Å². The van der Waals surface area contributed by atoms with Crippen molar-refractivity contribution < 1.29 is 9.15 Å². The molecule has 0 aliphatic carbocycles. The first kappa shape index (κ1) is 9.51. The van der Waals surface area contributed by atoms with Gasteiger partial charge in [-0.1, -0.05) is 6.07 Å². The van der Waals surface area contributed by atoms with Crippen LogP contribution in [0.15, 0.2) is 27.4 Å². The van der Waals surface area contributed by atoms with E-state index in [-0.39, 0.29) is 6.01 Å².